The molecule has 15 heteroatoms. The zero-order valence-electron chi connectivity index (χ0n) is 16.4. The first kappa shape index (κ1) is 23.8. The third-order valence-electron chi connectivity index (χ3n) is 4.21. The molecule has 0 saturated carbocycles. The Morgan fingerprint density at radius 3 is 2.61 bits per heavy atom. The van der Waals surface area contributed by atoms with Gasteiger partial charge in [-0.25, -0.2) is 8.42 Å². The van der Waals surface area contributed by atoms with Crippen LogP contribution >= 0.6 is 0 Å². The smallest absolute Gasteiger partial charge is 0.269 e. The number of piperidine rings is 1. The summed E-state index contributed by atoms with van der Waals surface area (Å²) in [5, 5.41) is 16.5. The van der Waals surface area contributed by atoms with Crippen molar-refractivity contribution in [2.24, 2.45) is 16.6 Å². The number of non-ortho nitro benzene ring substituents is 1. The Kier molecular flexibility index (Phi) is 8.09. The first-order valence-corrected chi connectivity index (χ1v) is 10.6. The number of oxime groups is 1. The number of hydrogen-bond donors (Lipinski definition) is 4. The van der Waals surface area contributed by atoms with Crippen molar-refractivity contribution >= 4 is 33.5 Å². The lowest BCUT2D eigenvalue weighted by molar-refractivity contribution is -0.384. The molecule has 14 nitrogen and oxygen atoms in total. The van der Waals surface area contributed by atoms with E-state index >= 15 is 0 Å². The fraction of sp³-hybridized carbons (Fsp3) is 0.438. The molecule has 6 N–H and O–H groups in total. The van der Waals surface area contributed by atoms with Crippen LogP contribution in [0.25, 0.3) is 0 Å². The van der Waals surface area contributed by atoms with E-state index in [-0.39, 0.29) is 42.7 Å². The van der Waals surface area contributed by atoms with Gasteiger partial charge in [-0.3, -0.25) is 19.7 Å². The molecule has 2 amide bonds. The molecule has 1 fully saturated rings. The molecule has 0 radical (unpaired) electrons. The quantitative estimate of drug-likeness (QED) is 0.102. The minimum absolute atomic E-state index is 0.0231. The topological polar surface area (TPSA) is 212 Å². The van der Waals surface area contributed by atoms with Crippen molar-refractivity contribution in [3.63, 3.8) is 0 Å². The summed E-state index contributed by atoms with van der Waals surface area (Å²) in [7, 11) is -4.08. The van der Waals surface area contributed by atoms with Gasteiger partial charge in [0.05, 0.1) is 22.9 Å². The van der Waals surface area contributed by atoms with Crippen molar-refractivity contribution in [2.45, 2.75) is 23.8 Å². The highest BCUT2D eigenvalue weighted by molar-refractivity contribution is 7.89. The zero-order chi connectivity index (χ0) is 23.0. The second-order valence-electron chi connectivity index (χ2n) is 6.53. The van der Waals surface area contributed by atoms with Crippen LogP contribution in [-0.2, 0) is 24.4 Å². The van der Waals surface area contributed by atoms with Gasteiger partial charge in [-0.2, -0.15) is 4.72 Å². The molecule has 0 aliphatic carbocycles. The average Bonchev–Trinajstić information content (AvgIpc) is 2.70. The number of carbonyl (C=O) groups is 2. The Morgan fingerprint density at radius 1 is 1.32 bits per heavy atom. The molecule has 2 rings (SSSR count). The van der Waals surface area contributed by atoms with Crippen molar-refractivity contribution in [1.82, 2.24) is 14.9 Å². The fourth-order valence-electron chi connectivity index (χ4n) is 2.79. The Balaban J connectivity index is 1.91. The van der Waals surface area contributed by atoms with Gasteiger partial charge >= 0.3 is 0 Å². The molecule has 0 spiro atoms. The molecule has 0 aromatic heterocycles. The van der Waals surface area contributed by atoms with Gasteiger partial charge in [-0.05, 0) is 30.1 Å². The van der Waals surface area contributed by atoms with Gasteiger partial charge < -0.3 is 26.5 Å². The van der Waals surface area contributed by atoms with E-state index in [2.05, 4.69) is 15.2 Å². The van der Waals surface area contributed by atoms with E-state index < -0.39 is 32.8 Å². The number of hydrogen-bond acceptors (Lipinski definition) is 8. The van der Waals surface area contributed by atoms with Crippen LogP contribution in [0.2, 0.25) is 0 Å². The fourth-order valence-corrected chi connectivity index (χ4v) is 4.02. The van der Waals surface area contributed by atoms with E-state index in [0.717, 1.165) is 24.3 Å². The monoisotopic (exact) mass is 457 g/mol. The van der Waals surface area contributed by atoms with Crippen LogP contribution in [0.3, 0.4) is 0 Å². The van der Waals surface area contributed by atoms with Crippen LogP contribution in [0, 0.1) is 10.1 Å². The van der Waals surface area contributed by atoms with Crippen molar-refractivity contribution in [3.05, 3.63) is 34.4 Å². The minimum atomic E-state index is -4.08. The number of benzene rings is 1. The normalized spacial score (nSPS) is 16.5. The lowest BCUT2D eigenvalue weighted by Gasteiger charge is -2.32. The first-order chi connectivity index (χ1) is 14.6. The molecular weight excluding hydrogens is 434 g/mol. The highest BCUT2D eigenvalue weighted by atomic mass is 32.2. The van der Waals surface area contributed by atoms with E-state index in [9.17, 15) is 28.1 Å². The predicted molar refractivity (Wildman–Crippen MR) is 108 cm³/mol. The third-order valence-corrected chi connectivity index (χ3v) is 5.69. The van der Waals surface area contributed by atoms with E-state index in [1.165, 1.54) is 4.90 Å². The van der Waals surface area contributed by atoms with E-state index in [1.54, 1.807) is 0 Å². The number of guanidine groups is 1. The molecule has 1 aromatic carbocycles. The van der Waals surface area contributed by atoms with Crippen molar-refractivity contribution in [3.8, 4) is 0 Å². The summed E-state index contributed by atoms with van der Waals surface area (Å²) in [6, 6.07) is 3.24. The molecule has 1 aliphatic heterocycles. The van der Waals surface area contributed by atoms with Crippen LogP contribution in [0.1, 0.15) is 12.8 Å². The number of sulfonamides is 1. The van der Waals surface area contributed by atoms with Gasteiger partial charge in [-0.1, -0.05) is 0 Å². The molecular formula is C16H23N7O7S. The Hall–Kier alpha value is -3.46. The molecule has 170 valence electrons. The van der Waals surface area contributed by atoms with E-state index in [0.29, 0.717) is 13.0 Å². The third kappa shape index (κ3) is 7.07. The van der Waals surface area contributed by atoms with Gasteiger partial charge in [0.2, 0.25) is 27.8 Å². The molecule has 1 heterocycles. The highest BCUT2D eigenvalue weighted by Gasteiger charge is 2.33. The van der Waals surface area contributed by atoms with Gasteiger partial charge in [-0.15, -0.1) is 0 Å². The molecule has 31 heavy (non-hydrogen) atoms. The van der Waals surface area contributed by atoms with Gasteiger partial charge in [0.15, 0.2) is 0 Å². The Bertz CT molecular complexity index is 946. The summed E-state index contributed by atoms with van der Waals surface area (Å²) >= 11 is 0. The minimum Gasteiger partial charge on any atom is -0.391 e. The standard InChI is InChI=1S/C16H23N7O7S/c17-16(18)20-30-9-7-19-14(24)10-22-8-1-2-13(15(22)25)21-31(28,29)12-5-3-11(4-6-12)23(26)27/h3-6,13,21H,1-2,7-10H2,(H,19,24)(H4,17,18,20)/t13-/m0/s1. The largest absolute Gasteiger partial charge is 0.391 e. The van der Waals surface area contributed by atoms with Crippen LogP contribution in [0.5, 0.6) is 0 Å². The summed E-state index contributed by atoms with van der Waals surface area (Å²) in [4.78, 5) is 40.5. The van der Waals surface area contributed by atoms with Gasteiger partial charge in [0.1, 0.15) is 12.6 Å². The van der Waals surface area contributed by atoms with Crippen molar-refractivity contribution < 1.29 is 27.8 Å². The maximum Gasteiger partial charge on any atom is 0.269 e. The molecule has 1 atom stereocenters. The van der Waals surface area contributed by atoms with Gasteiger partial charge in [0.25, 0.3) is 5.69 Å². The van der Waals surface area contributed by atoms with Crippen molar-refractivity contribution in [1.29, 1.82) is 0 Å². The molecule has 1 aromatic rings. The maximum absolute atomic E-state index is 12.6. The van der Waals surface area contributed by atoms with Crippen LogP contribution in [-0.4, -0.2) is 68.3 Å². The molecule has 1 saturated heterocycles. The zero-order valence-corrected chi connectivity index (χ0v) is 17.2. The number of nitrogens with zero attached hydrogens (tertiary/aromatic N) is 3. The summed E-state index contributed by atoms with van der Waals surface area (Å²) in [6.07, 6.45) is 0.746. The SMILES string of the molecule is NC(N)=NOCCNC(=O)CN1CCC[C@H](NS(=O)(=O)c2ccc([N+](=O)[O-])cc2)C1=O. The Labute approximate surface area is 177 Å². The number of nitrogens with one attached hydrogen (secondary N) is 2. The number of nitro groups is 1. The van der Waals surface area contributed by atoms with Crippen molar-refractivity contribution in [2.75, 3.05) is 26.2 Å². The van der Waals surface area contributed by atoms with Crippen LogP contribution in [0.4, 0.5) is 5.69 Å². The number of likely N-dealkylation sites (tertiary alicyclic amines) is 1. The lowest BCUT2D eigenvalue weighted by atomic mass is 10.1. The number of carbonyl (C=O) groups excluding carboxylic acids is 2. The summed E-state index contributed by atoms with van der Waals surface area (Å²) in [6.45, 7) is 0.173. The molecule has 0 bridgehead atoms. The van der Waals surface area contributed by atoms with Gasteiger partial charge in [0, 0.05) is 18.7 Å². The van der Waals surface area contributed by atoms with E-state index in [1.807, 2.05) is 0 Å². The summed E-state index contributed by atoms with van der Waals surface area (Å²) < 4.78 is 27.4. The Morgan fingerprint density at radius 2 is 2.00 bits per heavy atom. The highest BCUT2D eigenvalue weighted by Crippen LogP contribution is 2.18. The first-order valence-electron chi connectivity index (χ1n) is 9.13. The average molecular weight is 457 g/mol. The number of amides is 2. The summed E-state index contributed by atoms with van der Waals surface area (Å²) in [5.74, 6) is -1.25. The molecule has 1 aliphatic rings. The lowest BCUT2D eigenvalue weighted by Crippen LogP contribution is -2.54. The predicted octanol–water partition coefficient (Wildman–Crippen LogP) is -1.81. The van der Waals surface area contributed by atoms with Crippen LogP contribution in [0.15, 0.2) is 34.3 Å². The maximum atomic E-state index is 12.6. The second-order valence-corrected chi connectivity index (χ2v) is 8.24. The van der Waals surface area contributed by atoms with E-state index in [4.69, 9.17) is 16.3 Å². The number of nitro benzene ring substituents is 1. The summed E-state index contributed by atoms with van der Waals surface area (Å²) in [5.41, 5.74) is 9.91. The number of rotatable bonds is 10. The second kappa shape index (κ2) is 10.5. The van der Waals surface area contributed by atoms with Crippen LogP contribution < -0.4 is 21.5 Å². The number of nitrogens with two attached hydrogens (primary N) is 2. The molecule has 0 unspecified atom stereocenters.